The summed E-state index contributed by atoms with van der Waals surface area (Å²) in [4.78, 5) is 14.9. The van der Waals surface area contributed by atoms with Gasteiger partial charge in [-0.15, -0.1) is 0 Å². The standard InChI is InChI=1S/C13H13NO/c15-13-7-3-5-10(13)11-8-14-12-6-2-1-4-9(11)12/h1-2,4,6,8,10,14H,3,5,7H2. The molecule has 3 rings (SSSR count). The Kier molecular flexibility index (Phi) is 1.88. The quantitative estimate of drug-likeness (QED) is 0.752. The highest BCUT2D eigenvalue weighted by molar-refractivity contribution is 5.94. The summed E-state index contributed by atoms with van der Waals surface area (Å²) < 4.78 is 0. The molecule has 0 saturated heterocycles. The summed E-state index contributed by atoms with van der Waals surface area (Å²) in [6.45, 7) is 0. The third-order valence-corrected chi connectivity index (χ3v) is 3.30. The van der Waals surface area contributed by atoms with Crippen LogP contribution in [0, 0.1) is 0 Å². The van der Waals surface area contributed by atoms with E-state index < -0.39 is 0 Å². The molecular formula is C13H13NO. The second kappa shape index (κ2) is 3.23. The number of hydrogen-bond acceptors (Lipinski definition) is 1. The van der Waals surface area contributed by atoms with E-state index in [4.69, 9.17) is 0 Å². The second-order valence-corrected chi connectivity index (χ2v) is 4.20. The summed E-state index contributed by atoms with van der Waals surface area (Å²) in [5.41, 5.74) is 2.32. The molecule has 1 aliphatic carbocycles. The van der Waals surface area contributed by atoms with Crippen LogP contribution in [0.15, 0.2) is 30.5 Å². The Morgan fingerprint density at radius 3 is 2.93 bits per heavy atom. The highest BCUT2D eigenvalue weighted by atomic mass is 16.1. The van der Waals surface area contributed by atoms with Gasteiger partial charge in [-0.05, 0) is 24.5 Å². The van der Waals surface area contributed by atoms with Crippen molar-refractivity contribution in [3.8, 4) is 0 Å². The van der Waals surface area contributed by atoms with Crippen molar-refractivity contribution in [2.75, 3.05) is 0 Å². The molecular weight excluding hydrogens is 186 g/mol. The molecule has 2 aromatic rings. The van der Waals surface area contributed by atoms with Gasteiger partial charge in [0.05, 0.1) is 0 Å². The first-order chi connectivity index (χ1) is 7.36. The lowest BCUT2D eigenvalue weighted by atomic mass is 9.96. The van der Waals surface area contributed by atoms with Gasteiger partial charge in [0, 0.05) is 29.4 Å². The molecule has 2 heteroatoms. The van der Waals surface area contributed by atoms with Crippen LogP contribution in [0.25, 0.3) is 10.9 Å². The number of aromatic amines is 1. The number of nitrogens with one attached hydrogen (secondary N) is 1. The number of fused-ring (bicyclic) bond motifs is 1. The third-order valence-electron chi connectivity index (χ3n) is 3.30. The average Bonchev–Trinajstić information content (AvgIpc) is 2.83. The van der Waals surface area contributed by atoms with E-state index >= 15 is 0 Å². The fourth-order valence-corrected chi connectivity index (χ4v) is 2.53. The van der Waals surface area contributed by atoms with E-state index in [9.17, 15) is 4.79 Å². The van der Waals surface area contributed by atoms with Gasteiger partial charge in [-0.2, -0.15) is 0 Å². The van der Waals surface area contributed by atoms with Crippen LogP contribution in [0.2, 0.25) is 0 Å². The molecule has 0 spiro atoms. The largest absolute Gasteiger partial charge is 0.361 e. The van der Waals surface area contributed by atoms with Gasteiger partial charge < -0.3 is 4.98 Å². The molecule has 15 heavy (non-hydrogen) atoms. The van der Waals surface area contributed by atoms with E-state index in [2.05, 4.69) is 17.1 Å². The molecule has 2 nitrogen and oxygen atoms in total. The maximum absolute atomic E-state index is 11.7. The van der Waals surface area contributed by atoms with Crippen LogP contribution >= 0.6 is 0 Å². The van der Waals surface area contributed by atoms with Crippen molar-refractivity contribution in [2.24, 2.45) is 0 Å². The van der Waals surface area contributed by atoms with Gasteiger partial charge in [0.1, 0.15) is 5.78 Å². The van der Waals surface area contributed by atoms with Crippen molar-refractivity contribution in [3.63, 3.8) is 0 Å². The van der Waals surface area contributed by atoms with Crippen molar-refractivity contribution in [1.82, 2.24) is 4.98 Å². The SMILES string of the molecule is O=C1CCCC1c1c[nH]c2ccccc12. The van der Waals surface area contributed by atoms with E-state index in [0.717, 1.165) is 24.8 Å². The molecule has 1 aromatic carbocycles. The number of rotatable bonds is 1. The molecule has 1 aliphatic rings. The first-order valence-corrected chi connectivity index (χ1v) is 5.45. The molecule has 76 valence electrons. The van der Waals surface area contributed by atoms with Crippen molar-refractivity contribution in [1.29, 1.82) is 0 Å². The highest BCUT2D eigenvalue weighted by Crippen LogP contribution is 2.35. The minimum atomic E-state index is 0.140. The Bertz CT molecular complexity index is 512. The van der Waals surface area contributed by atoms with Crippen molar-refractivity contribution < 1.29 is 4.79 Å². The first-order valence-electron chi connectivity index (χ1n) is 5.45. The van der Waals surface area contributed by atoms with Crippen LogP contribution in [0.5, 0.6) is 0 Å². The van der Waals surface area contributed by atoms with Crippen LogP contribution in [-0.2, 0) is 4.79 Å². The number of H-pyrrole nitrogens is 1. The van der Waals surface area contributed by atoms with Gasteiger partial charge in [-0.1, -0.05) is 18.2 Å². The Labute approximate surface area is 88.3 Å². The molecule has 1 heterocycles. The van der Waals surface area contributed by atoms with Gasteiger partial charge in [-0.3, -0.25) is 4.79 Å². The number of carbonyl (C=O) groups excluding carboxylic acids is 1. The van der Waals surface area contributed by atoms with E-state index in [1.54, 1.807) is 0 Å². The normalized spacial score (nSPS) is 21.3. The number of ketones is 1. The molecule has 0 radical (unpaired) electrons. The van der Waals surface area contributed by atoms with E-state index in [0.29, 0.717) is 5.78 Å². The fourth-order valence-electron chi connectivity index (χ4n) is 2.53. The van der Waals surface area contributed by atoms with Crippen molar-refractivity contribution >= 4 is 16.7 Å². The van der Waals surface area contributed by atoms with Gasteiger partial charge in [0.15, 0.2) is 0 Å². The number of hydrogen-bond donors (Lipinski definition) is 1. The zero-order valence-electron chi connectivity index (χ0n) is 8.49. The molecule has 1 aromatic heterocycles. The second-order valence-electron chi connectivity index (χ2n) is 4.20. The van der Waals surface area contributed by atoms with E-state index in [-0.39, 0.29) is 5.92 Å². The summed E-state index contributed by atoms with van der Waals surface area (Å²) in [5, 5.41) is 1.21. The van der Waals surface area contributed by atoms with Crippen LogP contribution in [0.4, 0.5) is 0 Å². The lowest BCUT2D eigenvalue weighted by Crippen LogP contribution is -2.02. The minimum absolute atomic E-state index is 0.140. The maximum atomic E-state index is 11.7. The van der Waals surface area contributed by atoms with Crippen LogP contribution in [0.3, 0.4) is 0 Å². The lowest BCUT2D eigenvalue weighted by molar-refractivity contribution is -0.118. The predicted molar refractivity (Wildman–Crippen MR) is 59.9 cm³/mol. The molecule has 0 amide bonds. The topological polar surface area (TPSA) is 32.9 Å². The summed E-state index contributed by atoms with van der Waals surface area (Å²) in [7, 11) is 0. The Morgan fingerprint density at radius 2 is 2.13 bits per heavy atom. The van der Waals surface area contributed by atoms with E-state index in [1.807, 2.05) is 18.3 Å². The zero-order valence-corrected chi connectivity index (χ0v) is 8.49. The molecule has 1 N–H and O–H groups in total. The lowest BCUT2D eigenvalue weighted by Gasteiger charge is -2.05. The monoisotopic (exact) mass is 199 g/mol. The molecule has 0 aliphatic heterocycles. The average molecular weight is 199 g/mol. The van der Waals surface area contributed by atoms with Crippen LogP contribution in [0.1, 0.15) is 30.7 Å². The number of carbonyl (C=O) groups is 1. The molecule has 0 bridgehead atoms. The fraction of sp³-hybridized carbons (Fsp3) is 0.308. The Hall–Kier alpha value is -1.57. The van der Waals surface area contributed by atoms with Crippen molar-refractivity contribution in [2.45, 2.75) is 25.2 Å². The zero-order chi connectivity index (χ0) is 10.3. The molecule has 1 fully saturated rings. The number of aromatic nitrogens is 1. The maximum Gasteiger partial charge on any atom is 0.140 e. The first kappa shape index (κ1) is 8.72. The summed E-state index contributed by atoms with van der Waals surface area (Å²) >= 11 is 0. The highest BCUT2D eigenvalue weighted by Gasteiger charge is 2.27. The third kappa shape index (κ3) is 1.29. The number of para-hydroxylation sites is 1. The molecule has 1 saturated carbocycles. The smallest absolute Gasteiger partial charge is 0.140 e. The summed E-state index contributed by atoms with van der Waals surface area (Å²) in [6.07, 6.45) is 4.81. The Balaban J connectivity index is 2.14. The summed E-state index contributed by atoms with van der Waals surface area (Å²) in [5.74, 6) is 0.543. The van der Waals surface area contributed by atoms with Gasteiger partial charge in [0.25, 0.3) is 0 Å². The van der Waals surface area contributed by atoms with Crippen molar-refractivity contribution in [3.05, 3.63) is 36.0 Å². The van der Waals surface area contributed by atoms with Gasteiger partial charge in [-0.25, -0.2) is 0 Å². The van der Waals surface area contributed by atoms with Crippen LogP contribution in [-0.4, -0.2) is 10.8 Å². The number of benzene rings is 1. The van der Waals surface area contributed by atoms with E-state index in [1.165, 1.54) is 10.9 Å². The van der Waals surface area contributed by atoms with Gasteiger partial charge in [0.2, 0.25) is 0 Å². The minimum Gasteiger partial charge on any atom is -0.361 e. The molecule has 1 unspecified atom stereocenters. The number of Topliss-reactive ketones (excluding diaryl/α,β-unsaturated/α-hetero) is 1. The van der Waals surface area contributed by atoms with Gasteiger partial charge >= 0.3 is 0 Å². The predicted octanol–water partition coefficient (Wildman–Crippen LogP) is 3.00. The van der Waals surface area contributed by atoms with Crippen LogP contribution < -0.4 is 0 Å². The summed E-state index contributed by atoms with van der Waals surface area (Å²) in [6, 6.07) is 8.18. The molecule has 1 atom stereocenters. The Morgan fingerprint density at radius 1 is 1.27 bits per heavy atom.